The summed E-state index contributed by atoms with van der Waals surface area (Å²) in [5, 5.41) is 0. The fourth-order valence-electron chi connectivity index (χ4n) is 2.49. The number of aromatic nitrogens is 1. The minimum absolute atomic E-state index is 0.557. The summed E-state index contributed by atoms with van der Waals surface area (Å²) in [7, 11) is 2.22. The smallest absolute Gasteiger partial charge is 0.0270 e. The molecule has 0 atom stereocenters. The van der Waals surface area contributed by atoms with E-state index in [1.807, 2.05) is 12.4 Å². The topological polar surface area (TPSA) is 42.2 Å². The highest BCUT2D eigenvalue weighted by Gasteiger charge is 2.42. The molecular formula is C14H23N3. The molecule has 3 nitrogen and oxygen atoms in total. The van der Waals surface area contributed by atoms with Gasteiger partial charge in [0.05, 0.1) is 0 Å². The van der Waals surface area contributed by atoms with Crippen molar-refractivity contribution in [3.05, 3.63) is 30.1 Å². The molecule has 1 aliphatic rings. The Labute approximate surface area is 104 Å². The lowest BCUT2D eigenvalue weighted by molar-refractivity contribution is 0.257. The summed E-state index contributed by atoms with van der Waals surface area (Å²) >= 11 is 0. The molecule has 0 radical (unpaired) electrons. The van der Waals surface area contributed by atoms with Gasteiger partial charge in [0.2, 0.25) is 0 Å². The number of hydrogen-bond donors (Lipinski definition) is 1. The zero-order valence-electron chi connectivity index (χ0n) is 10.7. The highest BCUT2D eigenvalue weighted by atomic mass is 15.1. The lowest BCUT2D eigenvalue weighted by Gasteiger charge is -2.23. The Kier molecular flexibility index (Phi) is 4.13. The van der Waals surface area contributed by atoms with Crippen molar-refractivity contribution in [1.82, 2.24) is 9.88 Å². The van der Waals surface area contributed by atoms with E-state index in [1.54, 1.807) is 0 Å². The Balaban J connectivity index is 1.73. The molecule has 3 heteroatoms. The van der Waals surface area contributed by atoms with Crippen LogP contribution in [0.5, 0.6) is 0 Å². The van der Waals surface area contributed by atoms with E-state index < -0.39 is 0 Å². The molecule has 17 heavy (non-hydrogen) atoms. The minimum atomic E-state index is 0.557. The van der Waals surface area contributed by atoms with Crippen LogP contribution in [0.4, 0.5) is 0 Å². The Bertz CT molecular complexity index is 333. The maximum atomic E-state index is 5.67. The third-order valence-electron chi connectivity index (χ3n) is 3.77. The van der Waals surface area contributed by atoms with Crippen LogP contribution in [0, 0.1) is 5.41 Å². The summed E-state index contributed by atoms with van der Waals surface area (Å²) in [5.74, 6) is 0. The molecule has 2 rings (SSSR count). The molecular weight excluding hydrogens is 210 g/mol. The van der Waals surface area contributed by atoms with Crippen LogP contribution in [-0.4, -0.2) is 36.6 Å². The third kappa shape index (κ3) is 3.79. The van der Waals surface area contributed by atoms with Crippen molar-refractivity contribution in [2.45, 2.75) is 25.7 Å². The van der Waals surface area contributed by atoms with Crippen LogP contribution in [0.25, 0.3) is 0 Å². The molecule has 1 aromatic heterocycles. The summed E-state index contributed by atoms with van der Waals surface area (Å²) in [5.41, 5.74) is 7.60. The SMILES string of the molecule is CN(CCc1ccncc1)CC1(CCN)CC1. The van der Waals surface area contributed by atoms with Gasteiger partial charge in [-0.3, -0.25) is 4.98 Å². The molecule has 94 valence electrons. The Morgan fingerprint density at radius 1 is 1.35 bits per heavy atom. The first-order chi connectivity index (χ1) is 8.24. The number of pyridine rings is 1. The van der Waals surface area contributed by atoms with Crippen LogP contribution in [0.1, 0.15) is 24.8 Å². The molecule has 0 saturated heterocycles. The molecule has 0 aromatic carbocycles. The fourth-order valence-corrected chi connectivity index (χ4v) is 2.49. The summed E-state index contributed by atoms with van der Waals surface area (Å²) in [6.45, 7) is 3.16. The van der Waals surface area contributed by atoms with Crippen molar-refractivity contribution in [1.29, 1.82) is 0 Å². The zero-order chi connectivity index (χ0) is 12.1. The van der Waals surface area contributed by atoms with Crippen LogP contribution >= 0.6 is 0 Å². The Morgan fingerprint density at radius 3 is 2.65 bits per heavy atom. The van der Waals surface area contributed by atoms with E-state index in [2.05, 4.69) is 29.1 Å². The van der Waals surface area contributed by atoms with Crippen LogP contribution in [0.2, 0.25) is 0 Å². The highest BCUT2D eigenvalue weighted by Crippen LogP contribution is 2.48. The van der Waals surface area contributed by atoms with Crippen LogP contribution in [0.3, 0.4) is 0 Å². The van der Waals surface area contributed by atoms with Crippen LogP contribution < -0.4 is 5.73 Å². The molecule has 1 saturated carbocycles. The van der Waals surface area contributed by atoms with Crippen molar-refractivity contribution in [3.8, 4) is 0 Å². The van der Waals surface area contributed by atoms with E-state index in [9.17, 15) is 0 Å². The third-order valence-corrected chi connectivity index (χ3v) is 3.77. The van der Waals surface area contributed by atoms with Crippen molar-refractivity contribution in [3.63, 3.8) is 0 Å². The van der Waals surface area contributed by atoms with Gasteiger partial charge >= 0.3 is 0 Å². The molecule has 1 aliphatic carbocycles. The van der Waals surface area contributed by atoms with Crippen molar-refractivity contribution in [2.24, 2.45) is 11.1 Å². The first-order valence-electron chi connectivity index (χ1n) is 6.52. The van der Waals surface area contributed by atoms with E-state index in [4.69, 9.17) is 5.73 Å². The van der Waals surface area contributed by atoms with Gasteiger partial charge in [0.25, 0.3) is 0 Å². The summed E-state index contributed by atoms with van der Waals surface area (Å²) in [4.78, 5) is 6.49. The molecule has 0 amide bonds. The first kappa shape index (κ1) is 12.5. The lowest BCUT2D eigenvalue weighted by Crippen LogP contribution is -2.30. The summed E-state index contributed by atoms with van der Waals surface area (Å²) < 4.78 is 0. The molecule has 0 bridgehead atoms. The maximum absolute atomic E-state index is 5.67. The van der Waals surface area contributed by atoms with Crippen molar-refractivity contribution in [2.75, 3.05) is 26.7 Å². The van der Waals surface area contributed by atoms with E-state index in [0.717, 1.165) is 19.5 Å². The van der Waals surface area contributed by atoms with Gasteiger partial charge in [-0.25, -0.2) is 0 Å². The largest absolute Gasteiger partial charge is 0.330 e. The van der Waals surface area contributed by atoms with E-state index in [1.165, 1.54) is 31.4 Å². The van der Waals surface area contributed by atoms with Crippen LogP contribution in [-0.2, 0) is 6.42 Å². The lowest BCUT2D eigenvalue weighted by atomic mass is 10.0. The molecule has 0 aliphatic heterocycles. The van der Waals surface area contributed by atoms with E-state index in [0.29, 0.717) is 5.41 Å². The van der Waals surface area contributed by atoms with Gasteiger partial charge < -0.3 is 10.6 Å². The van der Waals surface area contributed by atoms with Gasteiger partial charge in [-0.05, 0) is 62.4 Å². The molecule has 1 aromatic rings. The number of rotatable bonds is 7. The van der Waals surface area contributed by atoms with E-state index in [-0.39, 0.29) is 0 Å². The summed E-state index contributed by atoms with van der Waals surface area (Å²) in [6, 6.07) is 4.20. The minimum Gasteiger partial charge on any atom is -0.330 e. The number of likely N-dealkylation sites (N-methyl/N-ethyl adjacent to an activating group) is 1. The second-order valence-corrected chi connectivity index (χ2v) is 5.38. The molecule has 1 fully saturated rings. The second-order valence-electron chi connectivity index (χ2n) is 5.38. The molecule has 1 heterocycles. The monoisotopic (exact) mass is 233 g/mol. The first-order valence-corrected chi connectivity index (χ1v) is 6.52. The number of nitrogens with two attached hydrogens (primary N) is 1. The van der Waals surface area contributed by atoms with Crippen molar-refractivity contribution < 1.29 is 0 Å². The van der Waals surface area contributed by atoms with Gasteiger partial charge in [0.15, 0.2) is 0 Å². The van der Waals surface area contributed by atoms with Crippen molar-refractivity contribution >= 4 is 0 Å². The normalized spacial score (nSPS) is 17.4. The predicted molar refractivity (Wildman–Crippen MR) is 70.8 cm³/mol. The second kappa shape index (κ2) is 5.61. The van der Waals surface area contributed by atoms with Gasteiger partial charge in [0.1, 0.15) is 0 Å². The Hall–Kier alpha value is -0.930. The van der Waals surface area contributed by atoms with Gasteiger partial charge in [-0.1, -0.05) is 0 Å². The molecule has 0 unspecified atom stereocenters. The predicted octanol–water partition coefficient (Wildman–Crippen LogP) is 1.68. The summed E-state index contributed by atoms with van der Waals surface area (Å²) in [6.07, 6.45) is 8.76. The molecule has 2 N–H and O–H groups in total. The Morgan fingerprint density at radius 2 is 2.06 bits per heavy atom. The number of nitrogens with zero attached hydrogens (tertiary/aromatic N) is 2. The number of hydrogen-bond acceptors (Lipinski definition) is 3. The zero-order valence-corrected chi connectivity index (χ0v) is 10.7. The van der Waals surface area contributed by atoms with Crippen LogP contribution in [0.15, 0.2) is 24.5 Å². The molecule has 0 spiro atoms. The standard InChI is InChI=1S/C14H23N3/c1-17(12-14(5-6-14)7-8-15)11-4-13-2-9-16-10-3-13/h2-3,9-10H,4-8,11-12,15H2,1H3. The van der Waals surface area contributed by atoms with E-state index >= 15 is 0 Å². The average molecular weight is 233 g/mol. The maximum Gasteiger partial charge on any atom is 0.0270 e. The highest BCUT2D eigenvalue weighted by molar-refractivity contribution is 5.10. The van der Waals surface area contributed by atoms with Gasteiger partial charge in [-0.15, -0.1) is 0 Å². The van der Waals surface area contributed by atoms with Gasteiger partial charge in [-0.2, -0.15) is 0 Å². The quantitative estimate of drug-likeness (QED) is 0.779. The fraction of sp³-hybridized carbons (Fsp3) is 0.643. The van der Waals surface area contributed by atoms with Gasteiger partial charge in [0, 0.05) is 25.5 Å². The average Bonchev–Trinajstić information content (AvgIpc) is 3.08.